The van der Waals surface area contributed by atoms with E-state index in [4.69, 9.17) is 28.6 Å². The Labute approximate surface area is 175 Å². The summed E-state index contributed by atoms with van der Waals surface area (Å²) in [5, 5.41) is 6.28. The zero-order chi connectivity index (χ0) is 20.2. The smallest absolute Gasteiger partial charge is 0.306 e. The molecule has 2 rings (SSSR count). The molecule has 0 atom stereocenters. The van der Waals surface area contributed by atoms with Gasteiger partial charge in [0.2, 0.25) is 5.91 Å². The van der Waals surface area contributed by atoms with Crippen LogP contribution >= 0.6 is 23.8 Å². The molecule has 1 amide bonds. The van der Waals surface area contributed by atoms with E-state index in [1.165, 1.54) is 5.56 Å². The summed E-state index contributed by atoms with van der Waals surface area (Å²) < 4.78 is 5.16. The lowest BCUT2D eigenvalue weighted by molar-refractivity contribution is -0.145. The quantitative estimate of drug-likeness (QED) is 0.368. The lowest BCUT2D eigenvalue weighted by Crippen LogP contribution is -2.39. The minimum atomic E-state index is -0.391. The van der Waals surface area contributed by atoms with Crippen molar-refractivity contribution in [2.24, 2.45) is 0 Å². The molecular formula is C21H23ClN2O3S. The lowest BCUT2D eigenvalue weighted by atomic mass is 10.1. The summed E-state index contributed by atoms with van der Waals surface area (Å²) in [5.41, 5.74) is 2.08. The second kappa shape index (κ2) is 12.1. The maximum atomic E-state index is 11.9. The lowest BCUT2D eigenvalue weighted by Gasteiger charge is -2.10. The van der Waals surface area contributed by atoms with E-state index in [9.17, 15) is 9.59 Å². The van der Waals surface area contributed by atoms with E-state index in [0.717, 1.165) is 18.4 Å². The maximum absolute atomic E-state index is 11.9. The Balaban J connectivity index is 1.56. The molecule has 0 aliphatic rings. The van der Waals surface area contributed by atoms with Gasteiger partial charge in [-0.2, -0.15) is 0 Å². The number of amides is 1. The zero-order valence-electron chi connectivity index (χ0n) is 15.4. The van der Waals surface area contributed by atoms with Gasteiger partial charge in [0.15, 0.2) is 5.11 Å². The summed E-state index contributed by atoms with van der Waals surface area (Å²) in [6.45, 7) is 0.745. The molecule has 0 saturated carbocycles. The highest BCUT2D eigenvalue weighted by molar-refractivity contribution is 7.80. The van der Waals surface area contributed by atoms with Crippen LogP contribution in [0.25, 0.3) is 0 Å². The predicted molar refractivity (Wildman–Crippen MR) is 114 cm³/mol. The molecule has 0 heterocycles. The molecule has 2 aromatic carbocycles. The van der Waals surface area contributed by atoms with Crippen LogP contribution in [0.4, 0.5) is 0 Å². The first-order chi connectivity index (χ1) is 13.5. The van der Waals surface area contributed by atoms with Crippen LogP contribution in [0.2, 0.25) is 5.02 Å². The van der Waals surface area contributed by atoms with Crippen molar-refractivity contribution in [2.75, 3.05) is 6.61 Å². The maximum Gasteiger partial charge on any atom is 0.306 e. The average molecular weight is 419 g/mol. The van der Waals surface area contributed by atoms with Crippen LogP contribution in [0.15, 0.2) is 54.6 Å². The van der Waals surface area contributed by atoms with Crippen LogP contribution < -0.4 is 10.6 Å². The highest BCUT2D eigenvalue weighted by Crippen LogP contribution is 2.14. The Morgan fingerprint density at radius 3 is 2.46 bits per heavy atom. The van der Waals surface area contributed by atoms with Crippen molar-refractivity contribution in [2.45, 2.75) is 32.2 Å². The molecule has 2 N–H and O–H groups in total. The van der Waals surface area contributed by atoms with Crippen molar-refractivity contribution < 1.29 is 14.3 Å². The Hall–Kier alpha value is -2.44. The standard InChI is InChI=1S/C21H23ClN2O3S/c22-18-11-5-4-10-17(18)15-23-21(28)24-19(25)12-13-20(26)27-14-6-9-16-7-2-1-3-8-16/h1-5,7-8,10-11H,6,9,12-15H2,(H2,23,24,25,28). The fraction of sp³-hybridized carbons (Fsp3) is 0.286. The molecule has 5 nitrogen and oxygen atoms in total. The van der Waals surface area contributed by atoms with Crippen LogP contribution in [0.1, 0.15) is 30.4 Å². The molecule has 0 radical (unpaired) electrons. The summed E-state index contributed by atoms with van der Waals surface area (Å²) in [4.78, 5) is 23.6. The van der Waals surface area contributed by atoms with Gasteiger partial charge in [-0.25, -0.2) is 0 Å². The van der Waals surface area contributed by atoms with E-state index in [-0.39, 0.29) is 23.9 Å². The molecule has 28 heavy (non-hydrogen) atoms. The SMILES string of the molecule is O=C(CCC(=O)OCCCc1ccccc1)NC(=S)NCc1ccccc1Cl. The van der Waals surface area contributed by atoms with Gasteiger partial charge in [-0.05, 0) is 42.3 Å². The third kappa shape index (κ3) is 8.50. The van der Waals surface area contributed by atoms with Gasteiger partial charge in [0, 0.05) is 18.0 Å². The van der Waals surface area contributed by atoms with Gasteiger partial charge >= 0.3 is 5.97 Å². The number of thiocarbonyl (C=S) groups is 1. The van der Waals surface area contributed by atoms with Crippen LogP contribution in [0, 0.1) is 0 Å². The minimum absolute atomic E-state index is 0.0182. The first-order valence-corrected chi connectivity index (χ1v) is 9.84. The van der Waals surface area contributed by atoms with Gasteiger partial charge in [0.05, 0.1) is 13.0 Å². The topological polar surface area (TPSA) is 67.4 Å². The molecule has 0 bridgehead atoms. The molecule has 2 aromatic rings. The van der Waals surface area contributed by atoms with Crippen LogP contribution in [-0.4, -0.2) is 23.6 Å². The first-order valence-electron chi connectivity index (χ1n) is 9.05. The second-order valence-corrected chi connectivity index (χ2v) is 6.95. The Bertz CT molecular complexity index is 799. The molecule has 0 saturated heterocycles. The molecule has 7 heteroatoms. The number of halogens is 1. The van der Waals surface area contributed by atoms with Gasteiger partial charge < -0.3 is 15.4 Å². The Morgan fingerprint density at radius 2 is 1.71 bits per heavy atom. The van der Waals surface area contributed by atoms with E-state index in [0.29, 0.717) is 18.2 Å². The third-order valence-corrected chi connectivity index (χ3v) is 4.54. The van der Waals surface area contributed by atoms with Crippen molar-refractivity contribution >= 4 is 40.8 Å². The fourth-order valence-electron chi connectivity index (χ4n) is 2.45. The number of esters is 1. The van der Waals surface area contributed by atoms with E-state index in [2.05, 4.69) is 10.6 Å². The van der Waals surface area contributed by atoms with Crippen molar-refractivity contribution in [3.8, 4) is 0 Å². The third-order valence-electron chi connectivity index (χ3n) is 3.92. The highest BCUT2D eigenvalue weighted by Gasteiger charge is 2.10. The van der Waals surface area contributed by atoms with E-state index in [1.54, 1.807) is 6.07 Å². The van der Waals surface area contributed by atoms with Crippen LogP contribution in [0.3, 0.4) is 0 Å². The number of carbonyl (C=O) groups is 2. The molecule has 0 aromatic heterocycles. The van der Waals surface area contributed by atoms with Crippen LogP contribution in [-0.2, 0) is 27.3 Å². The van der Waals surface area contributed by atoms with Gasteiger partial charge in [-0.15, -0.1) is 0 Å². The summed E-state index contributed by atoms with van der Waals surface area (Å²) >= 11 is 11.1. The average Bonchev–Trinajstić information content (AvgIpc) is 2.70. The monoisotopic (exact) mass is 418 g/mol. The molecule has 0 unspecified atom stereocenters. The molecular weight excluding hydrogens is 396 g/mol. The fourth-order valence-corrected chi connectivity index (χ4v) is 2.83. The number of nitrogens with one attached hydrogen (secondary N) is 2. The largest absolute Gasteiger partial charge is 0.466 e. The predicted octanol–water partition coefficient (Wildman–Crippen LogP) is 3.79. The number of hydrogen-bond acceptors (Lipinski definition) is 4. The normalized spacial score (nSPS) is 10.2. The van der Waals surface area contributed by atoms with E-state index >= 15 is 0 Å². The Morgan fingerprint density at radius 1 is 1.00 bits per heavy atom. The number of ether oxygens (including phenoxy) is 1. The second-order valence-electron chi connectivity index (χ2n) is 6.13. The zero-order valence-corrected chi connectivity index (χ0v) is 17.0. The molecule has 0 aliphatic heterocycles. The number of benzene rings is 2. The molecule has 0 aliphatic carbocycles. The summed E-state index contributed by atoms with van der Waals surface area (Å²) in [7, 11) is 0. The van der Waals surface area contributed by atoms with E-state index in [1.807, 2.05) is 48.5 Å². The molecule has 148 valence electrons. The number of aryl methyl sites for hydroxylation is 1. The van der Waals surface area contributed by atoms with Crippen molar-refractivity contribution in [3.05, 3.63) is 70.7 Å². The minimum Gasteiger partial charge on any atom is -0.466 e. The van der Waals surface area contributed by atoms with Crippen molar-refractivity contribution in [3.63, 3.8) is 0 Å². The van der Waals surface area contributed by atoms with Gasteiger partial charge in [-0.3, -0.25) is 9.59 Å². The summed E-state index contributed by atoms with van der Waals surface area (Å²) in [6.07, 6.45) is 1.63. The van der Waals surface area contributed by atoms with Gasteiger partial charge in [0.25, 0.3) is 0 Å². The van der Waals surface area contributed by atoms with Gasteiger partial charge in [-0.1, -0.05) is 60.1 Å². The van der Waals surface area contributed by atoms with E-state index < -0.39 is 5.97 Å². The highest BCUT2D eigenvalue weighted by atomic mass is 35.5. The summed E-state index contributed by atoms with van der Waals surface area (Å²) in [5.74, 6) is -0.726. The van der Waals surface area contributed by atoms with Crippen LogP contribution in [0.5, 0.6) is 0 Å². The van der Waals surface area contributed by atoms with Crippen molar-refractivity contribution in [1.82, 2.24) is 10.6 Å². The van der Waals surface area contributed by atoms with Crippen molar-refractivity contribution in [1.29, 1.82) is 0 Å². The summed E-state index contributed by atoms with van der Waals surface area (Å²) in [6, 6.07) is 17.4. The first kappa shape index (κ1) is 21.9. The molecule has 0 spiro atoms. The number of hydrogen-bond donors (Lipinski definition) is 2. The Kier molecular flexibility index (Phi) is 9.45. The number of carbonyl (C=O) groups excluding carboxylic acids is 2. The van der Waals surface area contributed by atoms with Gasteiger partial charge in [0.1, 0.15) is 0 Å². The number of rotatable bonds is 9. The molecule has 0 fully saturated rings.